The highest BCUT2D eigenvalue weighted by Gasteiger charge is 2.26. The van der Waals surface area contributed by atoms with E-state index in [9.17, 15) is 9.59 Å². The Morgan fingerprint density at radius 2 is 1.61 bits per heavy atom. The molecule has 0 spiro atoms. The summed E-state index contributed by atoms with van der Waals surface area (Å²) in [7, 11) is 0. The van der Waals surface area contributed by atoms with Crippen molar-refractivity contribution in [3.05, 3.63) is 100 Å². The van der Waals surface area contributed by atoms with Crippen LogP contribution in [0.1, 0.15) is 43.0 Å². The van der Waals surface area contributed by atoms with Gasteiger partial charge in [-0.3, -0.25) is 14.5 Å². The number of hydrogen-bond donors (Lipinski definition) is 0. The molecule has 3 aromatic rings. The molecular formula is C28H28N2O3. The SMILES string of the molecule is Cc1ccc(C(=O)c2ccccc2C(=O)N2CCN(Cc3ccc4c(c3)CCO4)CC2)cc1. The highest BCUT2D eigenvalue weighted by Crippen LogP contribution is 2.26. The molecule has 0 aromatic heterocycles. The van der Waals surface area contributed by atoms with Gasteiger partial charge in [0.05, 0.1) is 12.2 Å². The summed E-state index contributed by atoms with van der Waals surface area (Å²) in [5.41, 5.74) is 5.22. The van der Waals surface area contributed by atoms with Gasteiger partial charge < -0.3 is 9.64 Å². The van der Waals surface area contributed by atoms with Crippen LogP contribution < -0.4 is 4.74 Å². The quantitative estimate of drug-likeness (QED) is 0.560. The van der Waals surface area contributed by atoms with E-state index in [1.807, 2.05) is 48.2 Å². The second-order valence-electron chi connectivity index (χ2n) is 8.85. The lowest BCUT2D eigenvalue weighted by Crippen LogP contribution is -2.48. The maximum atomic E-state index is 13.3. The average molecular weight is 441 g/mol. The lowest BCUT2D eigenvalue weighted by atomic mass is 9.97. The minimum absolute atomic E-state index is 0.0691. The molecule has 1 fully saturated rings. The molecule has 0 bridgehead atoms. The summed E-state index contributed by atoms with van der Waals surface area (Å²) in [6.45, 7) is 6.57. The zero-order chi connectivity index (χ0) is 22.8. The lowest BCUT2D eigenvalue weighted by Gasteiger charge is -2.35. The van der Waals surface area contributed by atoms with Crippen LogP contribution in [-0.2, 0) is 13.0 Å². The molecule has 2 aliphatic heterocycles. The third-order valence-corrected chi connectivity index (χ3v) is 6.54. The number of piperazine rings is 1. The van der Waals surface area contributed by atoms with Crippen molar-refractivity contribution in [1.82, 2.24) is 9.80 Å². The number of ketones is 1. The van der Waals surface area contributed by atoms with E-state index in [0.29, 0.717) is 29.8 Å². The smallest absolute Gasteiger partial charge is 0.254 e. The lowest BCUT2D eigenvalue weighted by molar-refractivity contribution is 0.0625. The van der Waals surface area contributed by atoms with Gasteiger partial charge >= 0.3 is 0 Å². The van der Waals surface area contributed by atoms with E-state index in [0.717, 1.165) is 44.0 Å². The van der Waals surface area contributed by atoms with Crippen LogP contribution in [0.15, 0.2) is 66.7 Å². The molecule has 0 N–H and O–H groups in total. The van der Waals surface area contributed by atoms with Gasteiger partial charge in [0, 0.05) is 50.3 Å². The number of rotatable bonds is 5. The number of amides is 1. The molecule has 33 heavy (non-hydrogen) atoms. The first kappa shape index (κ1) is 21.4. The zero-order valence-electron chi connectivity index (χ0n) is 18.9. The van der Waals surface area contributed by atoms with Crippen LogP contribution in [-0.4, -0.2) is 54.3 Å². The summed E-state index contributed by atoms with van der Waals surface area (Å²) in [4.78, 5) is 30.7. The first-order chi connectivity index (χ1) is 16.1. The van der Waals surface area contributed by atoms with Crippen LogP contribution in [0.3, 0.4) is 0 Å². The van der Waals surface area contributed by atoms with Gasteiger partial charge in [-0.05, 0) is 30.2 Å². The minimum Gasteiger partial charge on any atom is -0.493 e. The van der Waals surface area contributed by atoms with Crippen molar-refractivity contribution in [3.8, 4) is 5.75 Å². The molecule has 168 valence electrons. The van der Waals surface area contributed by atoms with Crippen molar-refractivity contribution >= 4 is 11.7 Å². The summed E-state index contributed by atoms with van der Waals surface area (Å²) in [6, 6.07) is 21.1. The molecule has 3 aromatic carbocycles. The zero-order valence-corrected chi connectivity index (χ0v) is 18.9. The maximum absolute atomic E-state index is 13.3. The second-order valence-corrected chi connectivity index (χ2v) is 8.85. The molecule has 0 saturated carbocycles. The minimum atomic E-state index is -0.113. The molecule has 0 radical (unpaired) electrons. The standard InChI is InChI=1S/C28H28N2O3/c1-20-6-9-22(10-7-20)27(31)24-4-2-3-5-25(24)28(32)30-15-13-29(14-16-30)19-21-8-11-26-23(18-21)12-17-33-26/h2-11,18H,12-17,19H2,1H3. The van der Waals surface area contributed by atoms with Crippen molar-refractivity contribution < 1.29 is 14.3 Å². The number of benzene rings is 3. The van der Waals surface area contributed by atoms with E-state index < -0.39 is 0 Å². The van der Waals surface area contributed by atoms with Gasteiger partial charge in [-0.1, -0.05) is 60.2 Å². The van der Waals surface area contributed by atoms with Gasteiger partial charge in [-0.25, -0.2) is 0 Å². The van der Waals surface area contributed by atoms with E-state index in [-0.39, 0.29) is 11.7 Å². The number of fused-ring (bicyclic) bond motifs is 1. The number of carbonyl (C=O) groups is 2. The summed E-state index contributed by atoms with van der Waals surface area (Å²) < 4.78 is 5.60. The van der Waals surface area contributed by atoms with Gasteiger partial charge in [0.2, 0.25) is 0 Å². The topological polar surface area (TPSA) is 49.9 Å². The fourth-order valence-corrected chi connectivity index (χ4v) is 4.60. The monoisotopic (exact) mass is 440 g/mol. The second kappa shape index (κ2) is 9.20. The van der Waals surface area contributed by atoms with Gasteiger partial charge in [-0.15, -0.1) is 0 Å². The molecular weight excluding hydrogens is 412 g/mol. The summed E-state index contributed by atoms with van der Waals surface area (Å²) in [5.74, 6) is 0.826. The van der Waals surface area contributed by atoms with Crippen molar-refractivity contribution in [2.24, 2.45) is 0 Å². The van der Waals surface area contributed by atoms with Crippen molar-refractivity contribution in [1.29, 1.82) is 0 Å². The van der Waals surface area contributed by atoms with Crippen LogP contribution in [0.25, 0.3) is 0 Å². The van der Waals surface area contributed by atoms with Crippen LogP contribution in [0.2, 0.25) is 0 Å². The molecule has 1 amide bonds. The van der Waals surface area contributed by atoms with Crippen LogP contribution >= 0.6 is 0 Å². The Bertz CT molecular complexity index is 1180. The molecule has 1 saturated heterocycles. The molecule has 2 heterocycles. The van der Waals surface area contributed by atoms with Gasteiger partial charge in [0.15, 0.2) is 5.78 Å². The molecule has 0 unspecified atom stereocenters. The van der Waals surface area contributed by atoms with Gasteiger partial charge in [-0.2, -0.15) is 0 Å². The third kappa shape index (κ3) is 4.55. The number of nitrogens with zero attached hydrogens (tertiary/aromatic N) is 2. The third-order valence-electron chi connectivity index (χ3n) is 6.54. The average Bonchev–Trinajstić information content (AvgIpc) is 3.32. The number of aryl methyl sites for hydroxylation is 1. The summed E-state index contributed by atoms with van der Waals surface area (Å²) in [6.07, 6.45) is 0.978. The van der Waals surface area contributed by atoms with Crippen molar-refractivity contribution in [2.45, 2.75) is 19.9 Å². The first-order valence-electron chi connectivity index (χ1n) is 11.5. The van der Waals surface area contributed by atoms with Crippen molar-refractivity contribution in [2.75, 3.05) is 32.8 Å². The maximum Gasteiger partial charge on any atom is 0.254 e. The molecule has 5 rings (SSSR count). The van der Waals surface area contributed by atoms with Crippen LogP contribution in [0, 0.1) is 6.92 Å². The highest BCUT2D eigenvalue weighted by molar-refractivity contribution is 6.15. The van der Waals surface area contributed by atoms with E-state index in [1.54, 1.807) is 12.1 Å². The van der Waals surface area contributed by atoms with E-state index in [1.165, 1.54) is 11.1 Å². The van der Waals surface area contributed by atoms with E-state index >= 15 is 0 Å². The Morgan fingerprint density at radius 3 is 2.36 bits per heavy atom. The molecule has 2 aliphatic rings. The normalized spacial score (nSPS) is 15.7. The van der Waals surface area contributed by atoms with Crippen molar-refractivity contribution in [3.63, 3.8) is 0 Å². The Labute approximate surface area is 194 Å². The number of ether oxygens (including phenoxy) is 1. The molecule has 0 atom stereocenters. The van der Waals surface area contributed by atoms with E-state index in [4.69, 9.17) is 4.74 Å². The fraction of sp³-hybridized carbons (Fsp3) is 0.286. The predicted molar refractivity (Wildman–Crippen MR) is 128 cm³/mol. The van der Waals surface area contributed by atoms with E-state index in [2.05, 4.69) is 23.1 Å². The molecule has 5 nitrogen and oxygen atoms in total. The van der Waals surface area contributed by atoms with Crippen LogP contribution in [0.4, 0.5) is 0 Å². The Morgan fingerprint density at radius 1 is 0.879 bits per heavy atom. The highest BCUT2D eigenvalue weighted by atomic mass is 16.5. The molecule has 0 aliphatic carbocycles. The Balaban J connectivity index is 1.25. The predicted octanol–water partition coefficient (Wildman–Crippen LogP) is 4.12. The van der Waals surface area contributed by atoms with Crippen LogP contribution in [0.5, 0.6) is 5.75 Å². The number of hydrogen-bond acceptors (Lipinski definition) is 4. The van der Waals surface area contributed by atoms with Gasteiger partial charge in [0.1, 0.15) is 5.75 Å². The Kier molecular flexibility index (Phi) is 5.97. The summed E-state index contributed by atoms with van der Waals surface area (Å²) in [5, 5.41) is 0. The first-order valence-corrected chi connectivity index (χ1v) is 11.5. The Hall–Kier alpha value is -3.44. The molecule has 5 heteroatoms. The van der Waals surface area contributed by atoms with Gasteiger partial charge in [0.25, 0.3) is 5.91 Å². The largest absolute Gasteiger partial charge is 0.493 e. The fourth-order valence-electron chi connectivity index (χ4n) is 4.60. The summed E-state index contributed by atoms with van der Waals surface area (Å²) >= 11 is 0. The number of carbonyl (C=O) groups excluding carboxylic acids is 2.